The van der Waals surface area contributed by atoms with Gasteiger partial charge in [0.25, 0.3) is 5.91 Å². The Kier molecular flexibility index (Phi) is 5.87. The number of carbonyl (C=O) groups is 2. The Morgan fingerprint density at radius 1 is 0.970 bits per heavy atom. The van der Waals surface area contributed by atoms with Gasteiger partial charge in [0.1, 0.15) is 5.82 Å². The second-order valence-corrected chi connectivity index (χ2v) is 7.51. The number of nitrogens with zero attached hydrogens (tertiary/aromatic N) is 1. The Morgan fingerprint density at radius 2 is 1.70 bits per heavy atom. The number of hydrogen-bond donors (Lipinski definition) is 3. The summed E-state index contributed by atoms with van der Waals surface area (Å²) >= 11 is 0. The molecule has 3 aromatic carbocycles. The van der Waals surface area contributed by atoms with E-state index in [9.17, 15) is 14.0 Å². The lowest BCUT2D eigenvalue weighted by Gasteiger charge is -2.10. The topological polar surface area (TPSA) is 111 Å². The number of nitrogens with one attached hydrogen (secondary N) is 1. The zero-order valence-corrected chi connectivity index (χ0v) is 17.8. The number of allylic oxidation sites excluding steroid dienone is 1. The molecule has 0 aliphatic carbocycles. The number of nitrogens with two attached hydrogens (primary N) is 2. The molecule has 1 heterocycles. The number of pyridine rings is 1. The molecular formula is C26H21FN4O2. The van der Waals surface area contributed by atoms with Gasteiger partial charge < -0.3 is 16.8 Å². The molecule has 0 aliphatic rings. The van der Waals surface area contributed by atoms with Crippen LogP contribution in [0.5, 0.6) is 0 Å². The largest absolute Gasteiger partial charge is 0.383 e. The summed E-state index contributed by atoms with van der Waals surface area (Å²) in [5, 5.41) is 4.12. The zero-order valence-electron chi connectivity index (χ0n) is 17.8. The molecule has 0 radical (unpaired) electrons. The Balaban J connectivity index is 1.56. The summed E-state index contributed by atoms with van der Waals surface area (Å²) in [6.07, 6.45) is 1.60. The SMILES string of the molecule is C/C(=C(\F)C(=O)Nc1ccc(-c2ccccc2C(N)=O)cc1)c1ccc2ccnc(N)c2c1. The molecule has 33 heavy (non-hydrogen) atoms. The first-order valence-electron chi connectivity index (χ1n) is 10.2. The highest BCUT2D eigenvalue weighted by Gasteiger charge is 2.15. The number of benzene rings is 3. The van der Waals surface area contributed by atoms with Gasteiger partial charge >= 0.3 is 0 Å². The zero-order chi connectivity index (χ0) is 23.5. The van der Waals surface area contributed by atoms with Crippen LogP contribution in [-0.2, 0) is 4.79 Å². The van der Waals surface area contributed by atoms with Gasteiger partial charge in [-0.1, -0.05) is 42.5 Å². The van der Waals surface area contributed by atoms with Gasteiger partial charge in [0.05, 0.1) is 0 Å². The van der Waals surface area contributed by atoms with E-state index in [4.69, 9.17) is 11.5 Å². The number of hydrogen-bond acceptors (Lipinski definition) is 4. The van der Waals surface area contributed by atoms with Crippen LogP contribution < -0.4 is 16.8 Å². The lowest BCUT2D eigenvalue weighted by Crippen LogP contribution is -2.13. The van der Waals surface area contributed by atoms with Crippen LogP contribution >= 0.6 is 0 Å². The van der Waals surface area contributed by atoms with Crippen LogP contribution in [0.3, 0.4) is 0 Å². The average molecular weight is 440 g/mol. The van der Waals surface area contributed by atoms with E-state index < -0.39 is 17.6 Å². The van der Waals surface area contributed by atoms with E-state index in [0.717, 1.165) is 10.9 Å². The molecule has 0 bridgehead atoms. The standard InChI is InChI=1S/C26H21FN4O2/c1-15(18-7-6-17-12-13-30-24(28)22(17)14-18)23(27)26(33)31-19-10-8-16(9-11-19)20-4-2-3-5-21(20)25(29)32/h2-14H,1H3,(H2,28,30)(H2,29,32)(H,31,33)/b23-15+. The third-order valence-electron chi connectivity index (χ3n) is 5.40. The molecule has 0 atom stereocenters. The molecular weight excluding hydrogens is 419 g/mol. The maximum absolute atomic E-state index is 14.9. The Labute approximate surface area is 189 Å². The maximum atomic E-state index is 14.9. The van der Waals surface area contributed by atoms with Gasteiger partial charge in [-0.25, -0.2) is 9.37 Å². The molecule has 2 amide bonds. The van der Waals surface area contributed by atoms with Crippen molar-refractivity contribution in [3.63, 3.8) is 0 Å². The quantitative estimate of drug-likeness (QED) is 0.382. The summed E-state index contributed by atoms with van der Waals surface area (Å²) < 4.78 is 14.9. The van der Waals surface area contributed by atoms with Crippen LogP contribution in [0.1, 0.15) is 22.8 Å². The minimum Gasteiger partial charge on any atom is -0.383 e. The number of nitrogen functional groups attached to an aromatic ring is 1. The van der Waals surface area contributed by atoms with E-state index in [-0.39, 0.29) is 5.57 Å². The monoisotopic (exact) mass is 440 g/mol. The molecule has 164 valence electrons. The number of halogens is 1. The van der Waals surface area contributed by atoms with E-state index in [1.165, 1.54) is 6.92 Å². The first-order chi connectivity index (χ1) is 15.8. The molecule has 4 aromatic rings. The summed E-state index contributed by atoms with van der Waals surface area (Å²) in [6.45, 7) is 1.53. The van der Waals surface area contributed by atoms with E-state index in [2.05, 4.69) is 10.3 Å². The first-order valence-corrected chi connectivity index (χ1v) is 10.2. The normalized spacial score (nSPS) is 11.7. The minimum absolute atomic E-state index is 0.185. The van der Waals surface area contributed by atoms with Gasteiger partial charge in [0.15, 0.2) is 5.83 Å². The fourth-order valence-electron chi connectivity index (χ4n) is 3.59. The predicted molar refractivity (Wildman–Crippen MR) is 129 cm³/mol. The van der Waals surface area contributed by atoms with Gasteiger partial charge in [-0.05, 0) is 64.9 Å². The maximum Gasteiger partial charge on any atom is 0.284 e. The van der Waals surface area contributed by atoms with Crippen LogP contribution in [0.4, 0.5) is 15.9 Å². The van der Waals surface area contributed by atoms with Crippen molar-refractivity contribution < 1.29 is 14.0 Å². The molecule has 0 saturated carbocycles. The first kappa shape index (κ1) is 21.7. The van der Waals surface area contributed by atoms with Crippen LogP contribution in [-0.4, -0.2) is 16.8 Å². The van der Waals surface area contributed by atoms with Crippen molar-refractivity contribution in [2.75, 3.05) is 11.1 Å². The van der Waals surface area contributed by atoms with E-state index in [1.54, 1.807) is 72.9 Å². The van der Waals surface area contributed by atoms with E-state index >= 15 is 0 Å². The molecule has 1 aromatic heterocycles. The number of anilines is 2. The van der Waals surface area contributed by atoms with Crippen molar-refractivity contribution in [3.8, 4) is 11.1 Å². The van der Waals surface area contributed by atoms with Gasteiger partial charge in [0.2, 0.25) is 5.91 Å². The van der Waals surface area contributed by atoms with Crippen molar-refractivity contribution in [2.24, 2.45) is 5.73 Å². The van der Waals surface area contributed by atoms with Gasteiger partial charge in [-0.15, -0.1) is 0 Å². The Morgan fingerprint density at radius 3 is 2.42 bits per heavy atom. The number of primary amides is 1. The Hall–Kier alpha value is -4.52. The molecule has 0 aliphatic heterocycles. The Bertz CT molecular complexity index is 1410. The molecule has 0 unspecified atom stereocenters. The molecule has 6 nitrogen and oxygen atoms in total. The molecule has 7 heteroatoms. The predicted octanol–water partition coefficient (Wildman–Crippen LogP) is 4.92. The number of carbonyl (C=O) groups excluding carboxylic acids is 2. The molecule has 0 spiro atoms. The highest BCUT2D eigenvalue weighted by Crippen LogP contribution is 2.28. The fourth-order valence-corrected chi connectivity index (χ4v) is 3.59. The smallest absolute Gasteiger partial charge is 0.284 e. The summed E-state index contributed by atoms with van der Waals surface area (Å²) in [7, 11) is 0. The highest BCUT2D eigenvalue weighted by atomic mass is 19.1. The minimum atomic E-state index is -0.903. The summed E-state index contributed by atoms with van der Waals surface area (Å²) in [5.41, 5.74) is 14.3. The van der Waals surface area contributed by atoms with Gasteiger partial charge in [-0.2, -0.15) is 0 Å². The van der Waals surface area contributed by atoms with Crippen molar-refractivity contribution in [3.05, 3.63) is 95.9 Å². The lowest BCUT2D eigenvalue weighted by molar-refractivity contribution is -0.114. The average Bonchev–Trinajstić information content (AvgIpc) is 2.83. The van der Waals surface area contributed by atoms with Crippen molar-refractivity contribution in [2.45, 2.75) is 6.92 Å². The second kappa shape index (κ2) is 8.92. The summed E-state index contributed by atoms with van der Waals surface area (Å²) in [5.74, 6) is -1.96. The van der Waals surface area contributed by atoms with Crippen molar-refractivity contribution in [1.29, 1.82) is 0 Å². The van der Waals surface area contributed by atoms with Crippen molar-refractivity contribution >= 4 is 39.7 Å². The summed E-state index contributed by atoms with van der Waals surface area (Å²) in [4.78, 5) is 28.2. The van der Waals surface area contributed by atoms with E-state index in [1.807, 2.05) is 6.07 Å². The molecule has 0 saturated heterocycles. The third kappa shape index (κ3) is 4.43. The number of rotatable bonds is 5. The number of amides is 2. The van der Waals surface area contributed by atoms with Crippen LogP contribution in [0.25, 0.3) is 27.5 Å². The van der Waals surface area contributed by atoms with Gasteiger partial charge in [0, 0.05) is 22.8 Å². The summed E-state index contributed by atoms with van der Waals surface area (Å²) in [6, 6.07) is 20.7. The van der Waals surface area contributed by atoms with E-state index in [0.29, 0.717) is 33.6 Å². The van der Waals surface area contributed by atoms with Crippen LogP contribution in [0, 0.1) is 0 Å². The second-order valence-electron chi connectivity index (χ2n) is 7.51. The molecule has 4 rings (SSSR count). The van der Waals surface area contributed by atoms with Crippen LogP contribution in [0.15, 0.2) is 84.8 Å². The molecule has 5 N–H and O–H groups in total. The number of fused-ring (bicyclic) bond motifs is 1. The van der Waals surface area contributed by atoms with Gasteiger partial charge in [-0.3, -0.25) is 9.59 Å². The number of aromatic nitrogens is 1. The van der Waals surface area contributed by atoms with Crippen molar-refractivity contribution in [1.82, 2.24) is 4.98 Å². The van der Waals surface area contributed by atoms with Crippen LogP contribution in [0.2, 0.25) is 0 Å². The molecule has 0 fully saturated rings. The fraction of sp³-hybridized carbons (Fsp3) is 0.0385. The highest BCUT2D eigenvalue weighted by molar-refractivity contribution is 6.07. The third-order valence-corrected chi connectivity index (χ3v) is 5.40. The lowest BCUT2D eigenvalue weighted by atomic mass is 9.99.